The number of nitrogens with zero attached hydrogens (tertiary/aromatic N) is 2. The first kappa shape index (κ1) is 23.6. The third-order valence-electron chi connectivity index (χ3n) is 6.96. The van der Waals surface area contributed by atoms with E-state index in [0.717, 1.165) is 35.0 Å². The highest BCUT2D eigenvalue weighted by Crippen LogP contribution is 2.38. The van der Waals surface area contributed by atoms with Crippen molar-refractivity contribution in [2.24, 2.45) is 7.05 Å². The lowest BCUT2D eigenvalue weighted by Gasteiger charge is -2.39. The van der Waals surface area contributed by atoms with Gasteiger partial charge in [0.15, 0.2) is 0 Å². The molecule has 4 nitrogen and oxygen atoms in total. The largest absolute Gasteiger partial charge is 0.401 e. The molecule has 3 atom stereocenters. The summed E-state index contributed by atoms with van der Waals surface area (Å²) in [5.41, 5.74) is 3.40. The fourth-order valence-electron chi connectivity index (χ4n) is 5.67. The van der Waals surface area contributed by atoms with Crippen LogP contribution in [0.5, 0.6) is 0 Å². The van der Waals surface area contributed by atoms with Crippen LogP contribution in [0.3, 0.4) is 0 Å². The molecule has 2 aliphatic rings. The van der Waals surface area contributed by atoms with Gasteiger partial charge in [0.1, 0.15) is 0 Å². The maximum Gasteiger partial charge on any atom is 0.401 e. The minimum atomic E-state index is -4.19. The summed E-state index contributed by atoms with van der Waals surface area (Å²) >= 11 is 0. The number of hydrogen-bond donors (Lipinski definition) is 1. The van der Waals surface area contributed by atoms with Crippen molar-refractivity contribution < 1.29 is 18.0 Å². The highest BCUT2D eigenvalue weighted by atomic mass is 35.5. The van der Waals surface area contributed by atoms with Gasteiger partial charge in [0.25, 0.3) is 5.91 Å². The van der Waals surface area contributed by atoms with Crippen molar-refractivity contribution in [3.05, 3.63) is 60.2 Å². The van der Waals surface area contributed by atoms with Crippen molar-refractivity contribution in [2.75, 3.05) is 6.54 Å². The van der Waals surface area contributed by atoms with Gasteiger partial charge >= 0.3 is 6.18 Å². The Kier molecular flexibility index (Phi) is 6.47. The number of rotatable bonds is 4. The van der Waals surface area contributed by atoms with Crippen molar-refractivity contribution >= 4 is 29.2 Å². The van der Waals surface area contributed by atoms with Gasteiger partial charge in [0, 0.05) is 36.1 Å². The van der Waals surface area contributed by atoms with Crippen molar-refractivity contribution in [2.45, 2.75) is 50.0 Å². The van der Waals surface area contributed by atoms with E-state index in [2.05, 4.69) is 5.32 Å². The molecule has 8 heteroatoms. The predicted molar refractivity (Wildman–Crippen MR) is 126 cm³/mol. The summed E-state index contributed by atoms with van der Waals surface area (Å²) in [5.74, 6) is -0.158. The summed E-state index contributed by atoms with van der Waals surface area (Å²) in [6, 6.07) is 17.3. The van der Waals surface area contributed by atoms with Gasteiger partial charge in [-0.3, -0.25) is 9.69 Å². The molecule has 33 heavy (non-hydrogen) atoms. The third-order valence-corrected chi connectivity index (χ3v) is 6.96. The minimum absolute atomic E-state index is 0. The fourth-order valence-corrected chi connectivity index (χ4v) is 5.67. The molecule has 5 rings (SSSR count). The van der Waals surface area contributed by atoms with E-state index in [1.165, 1.54) is 0 Å². The second-order valence-corrected chi connectivity index (χ2v) is 8.98. The second kappa shape index (κ2) is 9.03. The van der Waals surface area contributed by atoms with E-state index in [1.807, 2.05) is 66.2 Å². The highest BCUT2D eigenvalue weighted by molar-refractivity contribution is 6.12. The summed E-state index contributed by atoms with van der Waals surface area (Å²) in [5, 5.41) is 4.05. The van der Waals surface area contributed by atoms with Crippen LogP contribution in [-0.4, -0.2) is 46.2 Å². The molecule has 1 aromatic heterocycles. The average molecular weight is 478 g/mol. The summed E-state index contributed by atoms with van der Waals surface area (Å²) in [6.45, 7) is -0.857. The molecule has 0 spiro atoms. The first-order valence-electron chi connectivity index (χ1n) is 11.1. The van der Waals surface area contributed by atoms with Crippen LogP contribution < -0.4 is 5.32 Å². The number of hydrogen-bond acceptors (Lipinski definition) is 2. The number of nitrogens with one attached hydrogen (secondary N) is 1. The molecule has 0 radical (unpaired) electrons. The molecule has 1 unspecified atom stereocenters. The SMILES string of the molecule is Cl.Cn1c(-c2ccccc2)c(C(=O)NC2C[C@H]3CC[C@@H](C2)N3CC(F)(F)F)c2ccccc21. The minimum Gasteiger partial charge on any atom is -0.349 e. The molecule has 176 valence electrons. The lowest BCUT2D eigenvalue weighted by molar-refractivity contribution is -0.155. The third kappa shape index (κ3) is 4.49. The Bertz CT molecular complexity index is 1130. The maximum absolute atomic E-state index is 13.6. The first-order valence-corrected chi connectivity index (χ1v) is 11.1. The van der Waals surface area contributed by atoms with Gasteiger partial charge in [0.05, 0.1) is 17.8 Å². The zero-order valence-corrected chi connectivity index (χ0v) is 19.1. The summed E-state index contributed by atoms with van der Waals surface area (Å²) in [4.78, 5) is 15.2. The number of aromatic nitrogens is 1. The maximum atomic E-state index is 13.6. The summed E-state index contributed by atoms with van der Waals surface area (Å²) in [6.07, 6.45) is -1.55. The normalized spacial score (nSPS) is 22.8. The van der Waals surface area contributed by atoms with Crippen molar-refractivity contribution in [1.29, 1.82) is 0 Å². The van der Waals surface area contributed by atoms with Gasteiger partial charge in [-0.15, -0.1) is 12.4 Å². The summed E-state index contributed by atoms with van der Waals surface area (Å²) in [7, 11) is 1.96. The Balaban J connectivity index is 0.00000259. The Morgan fingerprint density at radius 3 is 2.24 bits per heavy atom. The van der Waals surface area contributed by atoms with Crippen LogP contribution in [-0.2, 0) is 7.05 Å². The van der Waals surface area contributed by atoms with Crippen LogP contribution >= 0.6 is 12.4 Å². The van der Waals surface area contributed by atoms with Crippen LogP contribution in [0.1, 0.15) is 36.0 Å². The molecule has 3 aromatic rings. The molecule has 3 heterocycles. The first-order chi connectivity index (χ1) is 15.3. The zero-order valence-electron chi connectivity index (χ0n) is 18.3. The Morgan fingerprint density at radius 2 is 1.61 bits per heavy atom. The monoisotopic (exact) mass is 477 g/mol. The van der Waals surface area contributed by atoms with E-state index in [1.54, 1.807) is 4.90 Å². The molecule has 2 fully saturated rings. The van der Waals surface area contributed by atoms with E-state index in [-0.39, 0.29) is 36.4 Å². The average Bonchev–Trinajstić information content (AvgIpc) is 3.16. The molecular formula is C25H27ClF3N3O. The molecule has 0 aliphatic carbocycles. The zero-order chi connectivity index (χ0) is 22.5. The quantitative estimate of drug-likeness (QED) is 0.534. The van der Waals surface area contributed by atoms with Crippen LogP contribution in [0.15, 0.2) is 54.6 Å². The van der Waals surface area contributed by atoms with Crippen LogP contribution in [0.2, 0.25) is 0 Å². The van der Waals surface area contributed by atoms with Crippen molar-refractivity contribution in [3.63, 3.8) is 0 Å². The van der Waals surface area contributed by atoms with E-state index >= 15 is 0 Å². The molecule has 1 amide bonds. The number of benzene rings is 2. The van der Waals surface area contributed by atoms with Gasteiger partial charge in [-0.2, -0.15) is 13.2 Å². The number of aryl methyl sites for hydroxylation is 1. The van der Waals surface area contributed by atoms with E-state index < -0.39 is 12.7 Å². The number of amides is 1. The Morgan fingerprint density at radius 1 is 1.00 bits per heavy atom. The molecule has 0 saturated carbocycles. The molecular weight excluding hydrogens is 451 g/mol. The molecule has 1 N–H and O–H groups in total. The standard InChI is InChI=1S/C25H26F3N3O.ClH/c1-30-21-10-6-5-9-20(21)22(23(30)16-7-3-2-4-8-16)24(32)29-17-13-18-11-12-19(14-17)31(18)15-25(26,27)28;/h2-10,17-19H,11-15H2,1H3,(H,29,32);1H/t17?,18-,19+;. The fraction of sp³-hybridized carbons (Fsp3) is 0.400. The predicted octanol–water partition coefficient (Wildman–Crippen LogP) is 5.55. The number of para-hydroxylation sites is 1. The Hall–Kier alpha value is -2.51. The topological polar surface area (TPSA) is 37.3 Å². The lowest BCUT2D eigenvalue weighted by atomic mass is 9.96. The summed E-state index contributed by atoms with van der Waals surface area (Å²) < 4.78 is 41.0. The number of carbonyl (C=O) groups excluding carboxylic acids is 1. The molecule has 2 aromatic carbocycles. The van der Waals surface area contributed by atoms with E-state index in [4.69, 9.17) is 0 Å². The van der Waals surface area contributed by atoms with Gasteiger partial charge in [-0.1, -0.05) is 48.5 Å². The number of halogens is 4. The lowest BCUT2D eigenvalue weighted by Crippen LogP contribution is -2.52. The van der Waals surface area contributed by atoms with Crippen LogP contribution in [0.25, 0.3) is 22.2 Å². The van der Waals surface area contributed by atoms with Gasteiger partial charge in [-0.05, 0) is 37.3 Å². The number of piperidine rings is 1. The molecule has 2 saturated heterocycles. The number of carbonyl (C=O) groups is 1. The number of fused-ring (bicyclic) bond motifs is 3. The molecule has 2 bridgehead atoms. The van der Waals surface area contributed by atoms with Crippen LogP contribution in [0.4, 0.5) is 13.2 Å². The van der Waals surface area contributed by atoms with Gasteiger partial charge < -0.3 is 9.88 Å². The number of alkyl halides is 3. The van der Waals surface area contributed by atoms with Gasteiger partial charge in [-0.25, -0.2) is 0 Å². The smallest absolute Gasteiger partial charge is 0.349 e. The highest BCUT2D eigenvalue weighted by Gasteiger charge is 2.45. The van der Waals surface area contributed by atoms with Crippen molar-refractivity contribution in [3.8, 4) is 11.3 Å². The van der Waals surface area contributed by atoms with E-state index in [9.17, 15) is 18.0 Å². The second-order valence-electron chi connectivity index (χ2n) is 8.98. The molecule has 2 aliphatic heterocycles. The Labute approximate surface area is 197 Å². The van der Waals surface area contributed by atoms with Crippen LogP contribution in [0, 0.1) is 0 Å². The van der Waals surface area contributed by atoms with Gasteiger partial charge in [0.2, 0.25) is 0 Å². The van der Waals surface area contributed by atoms with Crippen molar-refractivity contribution in [1.82, 2.24) is 14.8 Å². The van der Waals surface area contributed by atoms with E-state index in [0.29, 0.717) is 18.4 Å².